The van der Waals surface area contributed by atoms with Crippen molar-refractivity contribution in [3.8, 4) is 0 Å². The number of hydrogen-bond acceptors (Lipinski definition) is 5. The zero-order chi connectivity index (χ0) is 12.4. The topological polar surface area (TPSA) is 102 Å². The first-order valence-corrected chi connectivity index (χ1v) is 4.95. The molecule has 1 heterocycles. The van der Waals surface area contributed by atoms with Gasteiger partial charge in [-0.15, -0.1) is 0 Å². The molecule has 17 heavy (non-hydrogen) atoms. The van der Waals surface area contributed by atoms with Gasteiger partial charge in [0.15, 0.2) is 0 Å². The number of benzene rings is 1. The highest BCUT2D eigenvalue weighted by molar-refractivity contribution is 6.13. The van der Waals surface area contributed by atoms with Crippen molar-refractivity contribution < 1.29 is 9.72 Å². The smallest absolute Gasteiger partial charge is 0.269 e. The monoisotopic (exact) mass is 234 g/mol. The molecule has 1 aromatic rings. The predicted molar refractivity (Wildman–Crippen MR) is 61.7 cm³/mol. The summed E-state index contributed by atoms with van der Waals surface area (Å²) in [6.45, 7) is 0.231. The maximum atomic E-state index is 11.6. The minimum atomic E-state index is -0.496. The molecule has 88 valence electrons. The number of anilines is 1. The molecule has 1 aliphatic heterocycles. The summed E-state index contributed by atoms with van der Waals surface area (Å²) in [6, 6.07) is 5.63. The van der Waals surface area contributed by atoms with Crippen LogP contribution in [0.5, 0.6) is 0 Å². The van der Waals surface area contributed by atoms with Crippen LogP contribution >= 0.6 is 0 Å². The Labute approximate surface area is 96.7 Å². The van der Waals surface area contributed by atoms with Crippen LogP contribution in [0.15, 0.2) is 29.4 Å². The number of nitrogens with zero attached hydrogens (tertiary/aromatic N) is 3. The van der Waals surface area contributed by atoms with Gasteiger partial charge >= 0.3 is 0 Å². The van der Waals surface area contributed by atoms with Crippen molar-refractivity contribution in [3.05, 3.63) is 34.4 Å². The lowest BCUT2D eigenvalue weighted by molar-refractivity contribution is -0.384. The number of nitro benzene ring substituents is 1. The summed E-state index contributed by atoms with van der Waals surface area (Å²) in [4.78, 5) is 21.6. The lowest BCUT2D eigenvalue weighted by atomic mass is 10.2. The van der Waals surface area contributed by atoms with Gasteiger partial charge in [0, 0.05) is 18.7 Å². The molecule has 0 saturated heterocycles. The Balaban J connectivity index is 2.26. The van der Waals surface area contributed by atoms with Gasteiger partial charge in [-0.3, -0.25) is 14.9 Å². The third kappa shape index (κ3) is 2.13. The van der Waals surface area contributed by atoms with E-state index < -0.39 is 4.92 Å². The summed E-state index contributed by atoms with van der Waals surface area (Å²) < 4.78 is 0. The summed E-state index contributed by atoms with van der Waals surface area (Å²) in [7, 11) is 0. The maximum absolute atomic E-state index is 11.6. The molecule has 0 saturated carbocycles. The van der Waals surface area contributed by atoms with Crippen molar-refractivity contribution in [1.29, 1.82) is 0 Å². The number of rotatable bonds is 3. The zero-order valence-corrected chi connectivity index (χ0v) is 8.87. The van der Waals surface area contributed by atoms with Gasteiger partial charge in [-0.2, -0.15) is 5.10 Å². The molecule has 7 nitrogen and oxygen atoms in total. The Morgan fingerprint density at radius 2 is 2.06 bits per heavy atom. The molecule has 0 unspecified atom stereocenters. The van der Waals surface area contributed by atoms with Gasteiger partial charge in [-0.05, 0) is 12.1 Å². The molecule has 0 spiro atoms. The number of carbonyl (C=O) groups is 1. The Kier molecular flexibility index (Phi) is 2.84. The zero-order valence-electron chi connectivity index (χ0n) is 8.87. The van der Waals surface area contributed by atoms with Crippen molar-refractivity contribution in [2.45, 2.75) is 6.42 Å². The molecule has 0 atom stereocenters. The van der Waals surface area contributed by atoms with E-state index >= 15 is 0 Å². The van der Waals surface area contributed by atoms with E-state index in [9.17, 15) is 14.9 Å². The van der Waals surface area contributed by atoms with Gasteiger partial charge in [-0.25, -0.2) is 5.01 Å². The van der Waals surface area contributed by atoms with E-state index in [4.69, 9.17) is 5.73 Å². The Hall–Kier alpha value is -2.28. The Morgan fingerprint density at radius 3 is 2.53 bits per heavy atom. The van der Waals surface area contributed by atoms with Gasteiger partial charge in [0.2, 0.25) is 0 Å². The number of hydrogen-bond donors (Lipinski definition) is 1. The fourth-order valence-electron chi connectivity index (χ4n) is 1.51. The van der Waals surface area contributed by atoms with Crippen LogP contribution in [0.25, 0.3) is 0 Å². The van der Waals surface area contributed by atoms with E-state index in [2.05, 4.69) is 5.10 Å². The number of hydrazone groups is 1. The van der Waals surface area contributed by atoms with Crippen molar-refractivity contribution in [1.82, 2.24) is 0 Å². The van der Waals surface area contributed by atoms with E-state index in [1.165, 1.54) is 29.3 Å². The SMILES string of the molecule is NCC1=NN(c2ccc([N+](=O)[O-])cc2)C(=O)C1. The molecule has 1 aliphatic rings. The van der Waals surface area contributed by atoms with E-state index in [1.54, 1.807) is 0 Å². The third-order valence-electron chi connectivity index (χ3n) is 2.37. The molecule has 0 bridgehead atoms. The fraction of sp³-hybridized carbons (Fsp3) is 0.200. The van der Waals surface area contributed by atoms with Crippen LogP contribution in [0.2, 0.25) is 0 Å². The predicted octanol–water partition coefficient (Wildman–Crippen LogP) is 0.646. The highest BCUT2D eigenvalue weighted by Crippen LogP contribution is 2.23. The standard InChI is InChI=1S/C10H10N4O3/c11-6-7-5-10(15)13(12-7)8-1-3-9(4-2-8)14(16)17/h1-4H,5-6,11H2. The molecule has 2 N–H and O–H groups in total. The Bertz CT molecular complexity index is 495. The van der Waals surface area contributed by atoms with Gasteiger partial charge in [0.25, 0.3) is 11.6 Å². The molecule has 7 heteroatoms. The third-order valence-corrected chi connectivity index (χ3v) is 2.37. The lowest BCUT2D eigenvalue weighted by Crippen LogP contribution is -2.19. The summed E-state index contributed by atoms with van der Waals surface area (Å²) in [5.41, 5.74) is 6.49. The van der Waals surface area contributed by atoms with Crippen LogP contribution in [0.1, 0.15) is 6.42 Å². The quantitative estimate of drug-likeness (QED) is 0.612. The number of nitro groups is 1. The molecule has 0 aliphatic carbocycles. The first-order chi connectivity index (χ1) is 8.11. The fourth-order valence-corrected chi connectivity index (χ4v) is 1.51. The molecule has 0 fully saturated rings. The Morgan fingerprint density at radius 1 is 1.41 bits per heavy atom. The lowest BCUT2D eigenvalue weighted by Gasteiger charge is -2.10. The molecule has 0 aromatic heterocycles. The molecular weight excluding hydrogens is 224 g/mol. The van der Waals surface area contributed by atoms with Crippen LogP contribution < -0.4 is 10.7 Å². The largest absolute Gasteiger partial charge is 0.325 e. The van der Waals surface area contributed by atoms with Crippen molar-refractivity contribution >= 4 is 23.0 Å². The number of carbonyl (C=O) groups excluding carboxylic acids is 1. The normalized spacial score (nSPS) is 15.0. The van der Waals surface area contributed by atoms with Gasteiger partial charge in [0.05, 0.1) is 22.7 Å². The van der Waals surface area contributed by atoms with Crippen molar-refractivity contribution in [2.75, 3.05) is 11.6 Å². The van der Waals surface area contributed by atoms with E-state index in [-0.39, 0.29) is 24.6 Å². The van der Waals surface area contributed by atoms with Crippen LogP contribution in [0.4, 0.5) is 11.4 Å². The van der Waals surface area contributed by atoms with Crippen LogP contribution in [0, 0.1) is 10.1 Å². The second-order valence-corrected chi connectivity index (χ2v) is 3.53. The van der Waals surface area contributed by atoms with Crippen molar-refractivity contribution in [2.24, 2.45) is 10.8 Å². The van der Waals surface area contributed by atoms with Gasteiger partial charge in [-0.1, -0.05) is 0 Å². The second kappa shape index (κ2) is 4.30. The average molecular weight is 234 g/mol. The maximum Gasteiger partial charge on any atom is 0.269 e. The second-order valence-electron chi connectivity index (χ2n) is 3.53. The molecular formula is C10H10N4O3. The minimum absolute atomic E-state index is 0.0246. The summed E-state index contributed by atoms with van der Waals surface area (Å²) in [6.07, 6.45) is 0.202. The van der Waals surface area contributed by atoms with E-state index in [0.29, 0.717) is 11.4 Å². The molecule has 1 aromatic carbocycles. The molecule has 2 rings (SSSR count). The van der Waals surface area contributed by atoms with Crippen LogP contribution in [-0.2, 0) is 4.79 Å². The van der Waals surface area contributed by atoms with Gasteiger partial charge in [0.1, 0.15) is 0 Å². The van der Waals surface area contributed by atoms with Gasteiger partial charge < -0.3 is 5.73 Å². The average Bonchev–Trinajstić information content (AvgIpc) is 2.71. The highest BCUT2D eigenvalue weighted by atomic mass is 16.6. The van der Waals surface area contributed by atoms with E-state index in [1.807, 2.05) is 0 Å². The first-order valence-electron chi connectivity index (χ1n) is 4.95. The van der Waals surface area contributed by atoms with Crippen molar-refractivity contribution in [3.63, 3.8) is 0 Å². The number of nitrogens with two attached hydrogens (primary N) is 1. The number of non-ortho nitro benzene ring substituents is 1. The number of amides is 1. The molecule has 0 radical (unpaired) electrons. The summed E-state index contributed by atoms with van der Waals surface area (Å²) >= 11 is 0. The van der Waals surface area contributed by atoms with Crippen LogP contribution in [0.3, 0.4) is 0 Å². The van der Waals surface area contributed by atoms with Crippen LogP contribution in [-0.4, -0.2) is 23.1 Å². The minimum Gasteiger partial charge on any atom is -0.325 e. The molecule has 1 amide bonds. The summed E-state index contributed by atoms with van der Waals surface area (Å²) in [5, 5.41) is 15.7. The van der Waals surface area contributed by atoms with E-state index in [0.717, 1.165) is 0 Å². The first kappa shape index (κ1) is 11.2. The summed E-state index contributed by atoms with van der Waals surface area (Å²) in [5.74, 6) is -0.181. The highest BCUT2D eigenvalue weighted by Gasteiger charge is 2.24.